The van der Waals surface area contributed by atoms with Crippen LogP contribution < -0.4 is 5.73 Å². The Morgan fingerprint density at radius 2 is 2.31 bits per heavy atom. The molecule has 0 aromatic heterocycles. The van der Waals surface area contributed by atoms with Crippen molar-refractivity contribution in [2.45, 2.75) is 19.6 Å². The van der Waals surface area contributed by atoms with Crippen molar-refractivity contribution in [2.24, 2.45) is 0 Å². The molecule has 1 saturated heterocycles. The molecule has 0 saturated carbocycles. The van der Waals surface area contributed by atoms with Gasteiger partial charge in [-0.15, -0.1) is 0 Å². The largest absolute Gasteiger partial charge is 0.399 e. The zero-order valence-corrected chi connectivity index (χ0v) is 11.0. The highest BCUT2D eigenvalue weighted by atomic mass is 79.9. The first-order valence-electron chi connectivity index (χ1n) is 5.52. The molecular weight excluding hydrogens is 268 g/mol. The topological polar surface area (TPSA) is 38.5 Å². The Labute approximate surface area is 105 Å². The summed E-state index contributed by atoms with van der Waals surface area (Å²) in [6.07, 6.45) is 0.332. The van der Waals surface area contributed by atoms with Crippen molar-refractivity contribution in [2.75, 3.05) is 25.4 Å². The summed E-state index contributed by atoms with van der Waals surface area (Å²) in [7, 11) is 0. The van der Waals surface area contributed by atoms with Crippen molar-refractivity contribution in [3.05, 3.63) is 28.2 Å². The number of ether oxygens (including phenoxy) is 1. The lowest BCUT2D eigenvalue weighted by Crippen LogP contribution is -2.40. The summed E-state index contributed by atoms with van der Waals surface area (Å²) in [6, 6.07) is 6.08. The van der Waals surface area contributed by atoms with E-state index in [1.807, 2.05) is 12.1 Å². The first-order valence-corrected chi connectivity index (χ1v) is 6.31. The third-order valence-corrected chi connectivity index (χ3v) is 3.17. The smallest absolute Gasteiger partial charge is 0.0674 e. The van der Waals surface area contributed by atoms with Crippen LogP contribution in [0.2, 0.25) is 0 Å². The minimum Gasteiger partial charge on any atom is -0.399 e. The summed E-state index contributed by atoms with van der Waals surface area (Å²) in [5.74, 6) is 0. The van der Waals surface area contributed by atoms with Gasteiger partial charge in [0, 0.05) is 29.8 Å². The number of rotatable bonds is 2. The molecule has 1 fully saturated rings. The molecule has 1 atom stereocenters. The van der Waals surface area contributed by atoms with Crippen LogP contribution in [0.5, 0.6) is 0 Å². The molecule has 4 heteroatoms. The van der Waals surface area contributed by atoms with Gasteiger partial charge in [-0.25, -0.2) is 0 Å². The molecule has 1 aliphatic rings. The number of benzene rings is 1. The van der Waals surface area contributed by atoms with E-state index < -0.39 is 0 Å². The Morgan fingerprint density at radius 1 is 1.50 bits per heavy atom. The van der Waals surface area contributed by atoms with Gasteiger partial charge >= 0.3 is 0 Å². The van der Waals surface area contributed by atoms with Crippen LogP contribution in [0.3, 0.4) is 0 Å². The van der Waals surface area contributed by atoms with E-state index in [2.05, 4.69) is 33.8 Å². The van der Waals surface area contributed by atoms with Crippen LogP contribution in [0.4, 0.5) is 5.69 Å². The minimum atomic E-state index is 0.332. The molecular formula is C12H17BrN2O. The molecule has 1 heterocycles. The first kappa shape index (κ1) is 11.9. The van der Waals surface area contributed by atoms with E-state index in [9.17, 15) is 0 Å². The van der Waals surface area contributed by atoms with Gasteiger partial charge in [-0.1, -0.05) is 15.9 Å². The molecule has 1 aliphatic heterocycles. The SMILES string of the molecule is CC1CN(Cc2cc(N)cc(Br)c2)CCO1. The van der Waals surface area contributed by atoms with Crippen LogP contribution in [-0.2, 0) is 11.3 Å². The van der Waals surface area contributed by atoms with Crippen LogP contribution in [-0.4, -0.2) is 30.7 Å². The first-order chi connectivity index (χ1) is 7.63. The van der Waals surface area contributed by atoms with Crippen LogP contribution in [0.1, 0.15) is 12.5 Å². The van der Waals surface area contributed by atoms with Gasteiger partial charge < -0.3 is 10.5 Å². The molecule has 0 radical (unpaired) electrons. The van der Waals surface area contributed by atoms with Crippen molar-refractivity contribution < 1.29 is 4.74 Å². The van der Waals surface area contributed by atoms with Gasteiger partial charge in [0.25, 0.3) is 0 Å². The molecule has 88 valence electrons. The number of halogens is 1. The zero-order chi connectivity index (χ0) is 11.5. The summed E-state index contributed by atoms with van der Waals surface area (Å²) < 4.78 is 6.56. The Balaban J connectivity index is 2.02. The molecule has 0 aliphatic carbocycles. The maximum atomic E-state index is 5.82. The van der Waals surface area contributed by atoms with Crippen molar-refractivity contribution in [1.29, 1.82) is 0 Å². The molecule has 2 rings (SSSR count). The van der Waals surface area contributed by atoms with E-state index in [1.165, 1.54) is 5.56 Å². The van der Waals surface area contributed by atoms with E-state index in [4.69, 9.17) is 10.5 Å². The van der Waals surface area contributed by atoms with E-state index >= 15 is 0 Å². The predicted molar refractivity (Wildman–Crippen MR) is 69.2 cm³/mol. The van der Waals surface area contributed by atoms with Crippen LogP contribution in [0.25, 0.3) is 0 Å². The maximum Gasteiger partial charge on any atom is 0.0674 e. The van der Waals surface area contributed by atoms with Crippen molar-refractivity contribution in [1.82, 2.24) is 4.90 Å². The van der Waals surface area contributed by atoms with E-state index in [-0.39, 0.29) is 0 Å². The Morgan fingerprint density at radius 3 is 3.00 bits per heavy atom. The average Bonchev–Trinajstić information content (AvgIpc) is 2.15. The van der Waals surface area contributed by atoms with E-state index in [0.29, 0.717) is 6.10 Å². The van der Waals surface area contributed by atoms with E-state index in [0.717, 1.165) is 36.4 Å². The fraction of sp³-hybridized carbons (Fsp3) is 0.500. The Kier molecular flexibility index (Phi) is 3.84. The molecule has 0 spiro atoms. The molecule has 0 amide bonds. The number of morpholine rings is 1. The fourth-order valence-electron chi connectivity index (χ4n) is 2.06. The lowest BCUT2D eigenvalue weighted by molar-refractivity contribution is -0.0212. The lowest BCUT2D eigenvalue weighted by atomic mass is 10.1. The van der Waals surface area contributed by atoms with Gasteiger partial charge in [0.2, 0.25) is 0 Å². The summed E-state index contributed by atoms with van der Waals surface area (Å²) in [5, 5.41) is 0. The molecule has 16 heavy (non-hydrogen) atoms. The number of nitrogens with two attached hydrogens (primary N) is 1. The van der Waals surface area contributed by atoms with Gasteiger partial charge in [0.15, 0.2) is 0 Å². The highest BCUT2D eigenvalue weighted by Gasteiger charge is 2.16. The molecule has 2 N–H and O–H groups in total. The van der Waals surface area contributed by atoms with Crippen molar-refractivity contribution in [3.8, 4) is 0 Å². The Bertz CT molecular complexity index is 350. The number of anilines is 1. The Hall–Kier alpha value is -0.580. The second-order valence-corrected chi connectivity index (χ2v) is 5.23. The zero-order valence-electron chi connectivity index (χ0n) is 9.45. The van der Waals surface area contributed by atoms with Gasteiger partial charge in [-0.05, 0) is 30.7 Å². The quantitative estimate of drug-likeness (QED) is 0.847. The molecule has 0 bridgehead atoms. The van der Waals surface area contributed by atoms with Gasteiger partial charge in [-0.3, -0.25) is 4.90 Å². The number of nitrogens with zero attached hydrogens (tertiary/aromatic N) is 1. The summed E-state index contributed by atoms with van der Waals surface area (Å²) in [4.78, 5) is 2.40. The third kappa shape index (κ3) is 3.20. The second-order valence-electron chi connectivity index (χ2n) is 4.31. The normalized spacial score (nSPS) is 22.2. The van der Waals surface area contributed by atoms with Crippen molar-refractivity contribution in [3.63, 3.8) is 0 Å². The maximum absolute atomic E-state index is 5.82. The lowest BCUT2D eigenvalue weighted by Gasteiger charge is -2.31. The molecule has 1 unspecified atom stereocenters. The van der Waals surface area contributed by atoms with Crippen LogP contribution in [0, 0.1) is 0 Å². The summed E-state index contributed by atoms with van der Waals surface area (Å²) in [6.45, 7) is 5.87. The van der Waals surface area contributed by atoms with Gasteiger partial charge in [0.1, 0.15) is 0 Å². The summed E-state index contributed by atoms with van der Waals surface area (Å²) >= 11 is 3.47. The molecule has 1 aromatic rings. The van der Waals surface area contributed by atoms with Crippen LogP contribution in [0.15, 0.2) is 22.7 Å². The monoisotopic (exact) mass is 284 g/mol. The highest BCUT2D eigenvalue weighted by Crippen LogP contribution is 2.19. The standard InChI is InChI=1S/C12H17BrN2O/c1-9-7-15(2-3-16-9)8-10-4-11(13)6-12(14)5-10/h4-6,9H,2-3,7-8,14H2,1H3. The highest BCUT2D eigenvalue weighted by molar-refractivity contribution is 9.10. The van der Waals surface area contributed by atoms with E-state index in [1.54, 1.807) is 0 Å². The second kappa shape index (κ2) is 5.17. The molecule has 1 aromatic carbocycles. The molecule has 3 nitrogen and oxygen atoms in total. The fourth-order valence-corrected chi connectivity index (χ4v) is 2.62. The average molecular weight is 285 g/mol. The number of hydrogen-bond acceptors (Lipinski definition) is 3. The minimum absolute atomic E-state index is 0.332. The number of nitrogen functional groups attached to an aromatic ring is 1. The van der Waals surface area contributed by atoms with Crippen molar-refractivity contribution >= 4 is 21.6 Å². The van der Waals surface area contributed by atoms with Gasteiger partial charge in [0.05, 0.1) is 12.7 Å². The summed E-state index contributed by atoms with van der Waals surface area (Å²) in [5.41, 5.74) is 7.88. The van der Waals surface area contributed by atoms with Crippen LogP contribution >= 0.6 is 15.9 Å². The predicted octanol–water partition coefficient (Wildman–Crippen LogP) is 2.25. The number of hydrogen-bond donors (Lipinski definition) is 1. The third-order valence-electron chi connectivity index (χ3n) is 2.71. The van der Waals surface area contributed by atoms with Gasteiger partial charge in [-0.2, -0.15) is 0 Å².